The van der Waals surface area contributed by atoms with Gasteiger partial charge >= 0.3 is 0 Å². The summed E-state index contributed by atoms with van der Waals surface area (Å²) in [5.74, 6) is 0.820. The Morgan fingerprint density at radius 2 is 2.35 bits per heavy atom. The van der Waals surface area contributed by atoms with Crippen molar-refractivity contribution in [3.63, 3.8) is 0 Å². The molecule has 0 radical (unpaired) electrons. The molecule has 1 aromatic carbocycles. The van der Waals surface area contributed by atoms with E-state index in [0.29, 0.717) is 11.6 Å². The number of halogens is 1. The minimum absolute atomic E-state index is 0.533. The number of rotatable bonds is 1. The number of hydrogen-bond acceptors (Lipinski definition) is 4. The van der Waals surface area contributed by atoms with E-state index in [1.807, 2.05) is 18.2 Å². The standard InChI is InChI=1S/C12H8BrNO2S/c13-7-1-2-8-9(5-7)16-4-3-10-12(8)14-11(6-15)17-10/h1-2,5-6H,3-4H2. The van der Waals surface area contributed by atoms with Crippen molar-refractivity contribution in [3.05, 3.63) is 32.6 Å². The average molecular weight is 310 g/mol. The summed E-state index contributed by atoms with van der Waals surface area (Å²) in [7, 11) is 0. The number of benzene rings is 1. The van der Waals surface area contributed by atoms with Crippen LogP contribution < -0.4 is 4.74 Å². The van der Waals surface area contributed by atoms with Crippen LogP contribution in [0.15, 0.2) is 22.7 Å². The molecule has 0 unspecified atom stereocenters. The van der Waals surface area contributed by atoms with E-state index >= 15 is 0 Å². The number of aldehydes is 1. The molecule has 5 heteroatoms. The summed E-state index contributed by atoms with van der Waals surface area (Å²) in [4.78, 5) is 16.3. The fourth-order valence-corrected chi connectivity index (χ4v) is 3.08. The van der Waals surface area contributed by atoms with E-state index < -0.39 is 0 Å². The van der Waals surface area contributed by atoms with E-state index in [9.17, 15) is 4.79 Å². The third-order valence-corrected chi connectivity index (χ3v) is 4.13. The second-order valence-electron chi connectivity index (χ2n) is 3.68. The normalized spacial score (nSPS) is 13.2. The van der Waals surface area contributed by atoms with Gasteiger partial charge < -0.3 is 4.74 Å². The van der Waals surface area contributed by atoms with Gasteiger partial charge in [-0.1, -0.05) is 15.9 Å². The minimum Gasteiger partial charge on any atom is -0.492 e. The second kappa shape index (κ2) is 4.23. The highest BCUT2D eigenvalue weighted by Crippen LogP contribution is 2.38. The summed E-state index contributed by atoms with van der Waals surface area (Å²) in [5.41, 5.74) is 1.85. The summed E-state index contributed by atoms with van der Waals surface area (Å²) in [6, 6.07) is 5.86. The first-order valence-electron chi connectivity index (χ1n) is 5.15. The Kier molecular flexibility index (Phi) is 2.72. The third kappa shape index (κ3) is 1.89. The van der Waals surface area contributed by atoms with Crippen LogP contribution in [0.5, 0.6) is 5.75 Å². The van der Waals surface area contributed by atoms with Crippen molar-refractivity contribution < 1.29 is 9.53 Å². The van der Waals surface area contributed by atoms with E-state index in [1.54, 1.807) is 0 Å². The fraction of sp³-hybridized carbons (Fsp3) is 0.167. The molecule has 3 rings (SSSR count). The van der Waals surface area contributed by atoms with Gasteiger partial charge in [-0.25, -0.2) is 4.98 Å². The number of nitrogens with zero attached hydrogens (tertiary/aromatic N) is 1. The number of ether oxygens (including phenoxy) is 1. The lowest BCUT2D eigenvalue weighted by molar-refractivity contribution is 0.112. The van der Waals surface area contributed by atoms with Crippen LogP contribution in [0, 0.1) is 0 Å². The maximum atomic E-state index is 10.8. The molecule has 3 nitrogen and oxygen atoms in total. The van der Waals surface area contributed by atoms with Gasteiger partial charge in [0.1, 0.15) is 5.75 Å². The zero-order valence-electron chi connectivity index (χ0n) is 8.77. The van der Waals surface area contributed by atoms with Crippen molar-refractivity contribution in [1.82, 2.24) is 4.98 Å². The Labute approximate surface area is 111 Å². The molecule has 86 valence electrons. The van der Waals surface area contributed by atoms with E-state index in [0.717, 1.165) is 39.1 Å². The van der Waals surface area contributed by atoms with Gasteiger partial charge in [0.25, 0.3) is 0 Å². The summed E-state index contributed by atoms with van der Waals surface area (Å²) in [6.45, 7) is 0.622. The molecule has 0 saturated carbocycles. The molecule has 2 aromatic rings. The summed E-state index contributed by atoms with van der Waals surface area (Å²) >= 11 is 4.87. The zero-order chi connectivity index (χ0) is 11.8. The molecule has 0 N–H and O–H groups in total. The van der Waals surface area contributed by atoms with Gasteiger partial charge in [-0.3, -0.25) is 4.79 Å². The Hall–Kier alpha value is -1.20. The molecule has 0 spiro atoms. The lowest BCUT2D eigenvalue weighted by atomic mass is 10.1. The van der Waals surface area contributed by atoms with E-state index in [1.165, 1.54) is 11.3 Å². The van der Waals surface area contributed by atoms with Gasteiger partial charge in [-0.15, -0.1) is 11.3 Å². The van der Waals surface area contributed by atoms with Crippen LogP contribution in [-0.2, 0) is 6.42 Å². The quantitative estimate of drug-likeness (QED) is 0.759. The van der Waals surface area contributed by atoms with E-state index in [2.05, 4.69) is 20.9 Å². The number of thiazole rings is 1. The predicted octanol–water partition coefficient (Wildman–Crippen LogP) is 3.32. The second-order valence-corrected chi connectivity index (χ2v) is 5.71. The Bertz CT molecular complexity index is 594. The van der Waals surface area contributed by atoms with Gasteiger partial charge in [-0.2, -0.15) is 0 Å². The molecule has 0 bridgehead atoms. The molecular formula is C12H8BrNO2S. The lowest BCUT2D eigenvalue weighted by Gasteiger charge is -2.06. The monoisotopic (exact) mass is 309 g/mol. The highest BCUT2D eigenvalue weighted by Gasteiger charge is 2.20. The van der Waals surface area contributed by atoms with Crippen molar-refractivity contribution in [2.24, 2.45) is 0 Å². The molecular weight excluding hydrogens is 302 g/mol. The maximum absolute atomic E-state index is 10.8. The summed E-state index contributed by atoms with van der Waals surface area (Å²) in [5, 5.41) is 0.533. The largest absolute Gasteiger partial charge is 0.492 e. The van der Waals surface area contributed by atoms with Crippen molar-refractivity contribution in [3.8, 4) is 17.0 Å². The van der Waals surface area contributed by atoms with Gasteiger partial charge in [0.05, 0.1) is 12.3 Å². The average Bonchev–Trinajstić information content (AvgIpc) is 2.66. The van der Waals surface area contributed by atoms with Crippen molar-refractivity contribution >= 4 is 33.6 Å². The molecule has 1 aliphatic heterocycles. The predicted molar refractivity (Wildman–Crippen MR) is 69.8 cm³/mol. The van der Waals surface area contributed by atoms with Crippen LogP contribution >= 0.6 is 27.3 Å². The highest BCUT2D eigenvalue weighted by molar-refractivity contribution is 9.10. The number of hydrogen-bond donors (Lipinski definition) is 0. The summed E-state index contributed by atoms with van der Waals surface area (Å²) in [6.07, 6.45) is 1.60. The smallest absolute Gasteiger partial charge is 0.178 e. The molecule has 2 heterocycles. The first-order valence-corrected chi connectivity index (χ1v) is 6.76. The molecule has 0 atom stereocenters. The lowest BCUT2D eigenvalue weighted by Crippen LogP contribution is -1.97. The third-order valence-electron chi connectivity index (χ3n) is 2.60. The van der Waals surface area contributed by atoms with Crippen LogP contribution in [0.3, 0.4) is 0 Å². The Morgan fingerprint density at radius 3 is 3.18 bits per heavy atom. The van der Waals surface area contributed by atoms with Crippen molar-refractivity contribution in [2.45, 2.75) is 6.42 Å². The number of carbonyl (C=O) groups is 1. The van der Waals surface area contributed by atoms with Crippen LogP contribution in [0.1, 0.15) is 14.7 Å². The number of carbonyl (C=O) groups excluding carboxylic acids is 1. The maximum Gasteiger partial charge on any atom is 0.178 e. The summed E-state index contributed by atoms with van der Waals surface area (Å²) < 4.78 is 6.67. The fourth-order valence-electron chi connectivity index (χ4n) is 1.87. The Morgan fingerprint density at radius 1 is 1.47 bits per heavy atom. The Balaban J connectivity index is 2.22. The first-order chi connectivity index (χ1) is 8.28. The molecule has 1 aliphatic rings. The van der Waals surface area contributed by atoms with Crippen LogP contribution in [0.2, 0.25) is 0 Å². The first kappa shape index (κ1) is 10.9. The molecule has 0 amide bonds. The van der Waals surface area contributed by atoms with E-state index in [4.69, 9.17) is 4.74 Å². The number of fused-ring (bicyclic) bond motifs is 3. The molecule has 1 aromatic heterocycles. The highest BCUT2D eigenvalue weighted by atomic mass is 79.9. The topological polar surface area (TPSA) is 39.2 Å². The van der Waals surface area contributed by atoms with Gasteiger partial charge in [-0.05, 0) is 18.2 Å². The zero-order valence-corrected chi connectivity index (χ0v) is 11.2. The minimum atomic E-state index is 0.533. The van der Waals surface area contributed by atoms with Crippen molar-refractivity contribution in [1.29, 1.82) is 0 Å². The molecule has 0 aliphatic carbocycles. The molecule has 0 fully saturated rings. The van der Waals surface area contributed by atoms with Crippen LogP contribution in [0.25, 0.3) is 11.3 Å². The van der Waals surface area contributed by atoms with Crippen LogP contribution in [-0.4, -0.2) is 17.9 Å². The number of aromatic nitrogens is 1. The van der Waals surface area contributed by atoms with Gasteiger partial charge in [0.15, 0.2) is 11.3 Å². The molecule has 17 heavy (non-hydrogen) atoms. The van der Waals surface area contributed by atoms with Gasteiger partial charge in [0.2, 0.25) is 0 Å². The van der Waals surface area contributed by atoms with Gasteiger partial charge in [0, 0.05) is 21.3 Å². The van der Waals surface area contributed by atoms with Crippen LogP contribution in [0.4, 0.5) is 0 Å². The van der Waals surface area contributed by atoms with Crippen molar-refractivity contribution in [2.75, 3.05) is 6.61 Å². The van der Waals surface area contributed by atoms with E-state index in [-0.39, 0.29) is 0 Å². The molecule has 0 saturated heterocycles. The SMILES string of the molecule is O=Cc1nc2c(s1)CCOc1cc(Br)ccc1-2.